The monoisotopic (exact) mass is 740 g/mol. The molecule has 0 bridgehead atoms. The molecule has 0 spiro atoms. The number of rotatable bonds is 37. The topological polar surface area (TPSA) is 94.1 Å². The zero-order valence-electron chi connectivity index (χ0n) is 33.5. The quantitative estimate of drug-likeness (QED) is 0.0206. The van der Waals surface area contributed by atoms with Crippen molar-refractivity contribution < 1.29 is 37.3 Å². The second-order valence-electron chi connectivity index (χ2n) is 14.6. The van der Waals surface area contributed by atoms with Crippen molar-refractivity contribution in [3.8, 4) is 0 Å². The SMILES string of the molecule is CC/C=C\C/C=C\C/C=C\C/C=C\CCCCCCC(=O)OC(COCCCCCCCCCCCCCC)COP(=O)([O-])OCC[N+](C)(C)C. The lowest BCUT2D eigenvalue weighted by Crippen LogP contribution is -2.37. The van der Waals surface area contributed by atoms with Crippen molar-refractivity contribution in [1.29, 1.82) is 0 Å². The van der Waals surface area contributed by atoms with Crippen molar-refractivity contribution in [2.75, 3.05) is 54.1 Å². The number of phosphoric acid groups is 1. The lowest BCUT2D eigenvalue weighted by molar-refractivity contribution is -0.870. The van der Waals surface area contributed by atoms with E-state index in [-0.39, 0.29) is 32.2 Å². The van der Waals surface area contributed by atoms with E-state index in [1.165, 1.54) is 64.2 Å². The van der Waals surface area contributed by atoms with Gasteiger partial charge in [0.1, 0.15) is 19.3 Å². The van der Waals surface area contributed by atoms with E-state index >= 15 is 0 Å². The van der Waals surface area contributed by atoms with E-state index in [0.717, 1.165) is 70.6 Å². The zero-order chi connectivity index (χ0) is 37.7. The molecule has 8 nitrogen and oxygen atoms in total. The fourth-order valence-electron chi connectivity index (χ4n) is 5.24. The molecule has 0 heterocycles. The Hall–Kier alpha value is -1.54. The van der Waals surface area contributed by atoms with Crippen LogP contribution in [0.15, 0.2) is 48.6 Å². The van der Waals surface area contributed by atoms with Crippen molar-refractivity contribution in [3.05, 3.63) is 48.6 Å². The van der Waals surface area contributed by atoms with E-state index in [0.29, 0.717) is 17.6 Å². The summed E-state index contributed by atoms with van der Waals surface area (Å²) in [6.07, 6.45) is 41.1. The van der Waals surface area contributed by atoms with Crippen molar-refractivity contribution in [3.63, 3.8) is 0 Å². The highest BCUT2D eigenvalue weighted by molar-refractivity contribution is 7.45. The number of phosphoric ester groups is 1. The summed E-state index contributed by atoms with van der Waals surface area (Å²) in [4.78, 5) is 25.0. The van der Waals surface area contributed by atoms with Crippen molar-refractivity contribution in [2.45, 2.75) is 161 Å². The number of unbranched alkanes of at least 4 members (excludes halogenated alkanes) is 15. The van der Waals surface area contributed by atoms with E-state index in [1.807, 2.05) is 21.1 Å². The summed E-state index contributed by atoms with van der Waals surface area (Å²) in [5, 5.41) is 0. The predicted octanol–water partition coefficient (Wildman–Crippen LogP) is 11.0. The van der Waals surface area contributed by atoms with Gasteiger partial charge in [-0.25, -0.2) is 0 Å². The highest BCUT2D eigenvalue weighted by Gasteiger charge is 2.20. The Morgan fingerprint density at radius 3 is 1.71 bits per heavy atom. The molecule has 298 valence electrons. The summed E-state index contributed by atoms with van der Waals surface area (Å²) >= 11 is 0. The Bertz CT molecular complexity index is 957. The number of allylic oxidation sites excluding steroid dienone is 8. The second-order valence-corrected chi connectivity index (χ2v) is 16.0. The first-order chi connectivity index (χ1) is 24.6. The van der Waals surface area contributed by atoms with Crippen LogP contribution in [0, 0.1) is 0 Å². The first-order valence-corrected chi connectivity index (χ1v) is 21.8. The van der Waals surface area contributed by atoms with Crippen LogP contribution in [0.25, 0.3) is 0 Å². The van der Waals surface area contributed by atoms with Crippen molar-refractivity contribution in [2.24, 2.45) is 0 Å². The molecule has 0 saturated carbocycles. The smallest absolute Gasteiger partial charge is 0.306 e. The number of carbonyl (C=O) groups excluding carboxylic acids is 1. The van der Waals surface area contributed by atoms with E-state index < -0.39 is 13.9 Å². The Morgan fingerprint density at radius 2 is 1.14 bits per heavy atom. The van der Waals surface area contributed by atoms with Crippen LogP contribution in [0.4, 0.5) is 0 Å². The second kappa shape index (κ2) is 35.5. The molecule has 2 unspecified atom stereocenters. The highest BCUT2D eigenvalue weighted by Crippen LogP contribution is 2.38. The van der Waals surface area contributed by atoms with Crippen LogP contribution in [0.5, 0.6) is 0 Å². The maximum absolute atomic E-state index is 12.6. The molecule has 0 aliphatic carbocycles. The molecular formula is C42H78NO7P. The molecule has 51 heavy (non-hydrogen) atoms. The molecular weight excluding hydrogens is 661 g/mol. The summed E-state index contributed by atoms with van der Waals surface area (Å²) in [6.45, 7) is 5.26. The molecule has 0 aromatic rings. The van der Waals surface area contributed by atoms with Crippen LogP contribution in [-0.2, 0) is 27.9 Å². The molecule has 0 amide bonds. The fraction of sp³-hybridized carbons (Fsp3) is 0.786. The number of esters is 1. The average Bonchev–Trinajstić information content (AvgIpc) is 3.08. The summed E-state index contributed by atoms with van der Waals surface area (Å²) in [5.74, 6) is -0.358. The van der Waals surface area contributed by atoms with Crippen LogP contribution in [0.3, 0.4) is 0 Å². The van der Waals surface area contributed by atoms with Gasteiger partial charge in [0.05, 0.1) is 34.4 Å². The Labute approximate surface area is 314 Å². The largest absolute Gasteiger partial charge is 0.756 e. The number of carbonyl (C=O) groups is 1. The Morgan fingerprint density at radius 1 is 0.627 bits per heavy atom. The van der Waals surface area contributed by atoms with Gasteiger partial charge in [-0.2, -0.15) is 0 Å². The van der Waals surface area contributed by atoms with Gasteiger partial charge in [-0.15, -0.1) is 0 Å². The molecule has 0 aliphatic heterocycles. The van der Waals surface area contributed by atoms with Gasteiger partial charge < -0.3 is 27.9 Å². The van der Waals surface area contributed by atoms with Gasteiger partial charge in [0.25, 0.3) is 7.82 Å². The summed E-state index contributed by atoms with van der Waals surface area (Å²) < 4.78 is 34.5. The summed E-state index contributed by atoms with van der Waals surface area (Å²) in [7, 11) is 1.33. The molecule has 0 saturated heterocycles. The molecule has 0 N–H and O–H groups in total. The third-order valence-electron chi connectivity index (χ3n) is 8.39. The zero-order valence-corrected chi connectivity index (χ0v) is 34.4. The first kappa shape index (κ1) is 49.5. The van der Waals surface area contributed by atoms with E-state index in [4.69, 9.17) is 18.5 Å². The number of ether oxygens (including phenoxy) is 2. The standard InChI is InChI=1S/C42H78NO7P/c1-6-8-10-12-14-16-18-20-21-22-23-24-25-27-29-31-33-35-42(44)50-41(40-49-51(45,46)48-38-36-43(3,4)5)39-47-37-34-32-30-28-26-19-17-15-13-11-9-7-2/h8,10,14,16,20-21,23-24,41H,6-7,9,11-13,15,17-19,22,25-40H2,1-5H3/b10-8-,16-14-,21-20-,24-23-. The van der Waals surface area contributed by atoms with Gasteiger partial charge in [0.15, 0.2) is 0 Å². The predicted molar refractivity (Wildman–Crippen MR) is 213 cm³/mol. The normalized spacial score (nSPS) is 14.4. The van der Waals surface area contributed by atoms with E-state index in [9.17, 15) is 14.3 Å². The third-order valence-corrected chi connectivity index (χ3v) is 9.36. The minimum Gasteiger partial charge on any atom is -0.756 e. The minimum atomic E-state index is -4.53. The van der Waals surface area contributed by atoms with E-state index in [2.05, 4.69) is 62.5 Å². The van der Waals surface area contributed by atoms with Crippen LogP contribution in [-0.4, -0.2) is 70.7 Å². The molecule has 0 aromatic carbocycles. The van der Waals surface area contributed by atoms with Crippen LogP contribution < -0.4 is 4.89 Å². The summed E-state index contributed by atoms with van der Waals surface area (Å²) in [5.41, 5.74) is 0. The first-order valence-electron chi connectivity index (χ1n) is 20.4. The van der Waals surface area contributed by atoms with E-state index in [1.54, 1.807) is 0 Å². The van der Waals surface area contributed by atoms with Gasteiger partial charge in [-0.05, 0) is 51.4 Å². The summed E-state index contributed by atoms with van der Waals surface area (Å²) in [6, 6.07) is 0. The van der Waals surface area contributed by atoms with Crippen molar-refractivity contribution in [1.82, 2.24) is 0 Å². The maximum atomic E-state index is 12.6. The van der Waals surface area contributed by atoms with Gasteiger partial charge in [0.2, 0.25) is 0 Å². The molecule has 0 radical (unpaired) electrons. The molecule has 2 atom stereocenters. The number of hydrogen-bond donors (Lipinski definition) is 0. The van der Waals surface area contributed by atoms with Crippen molar-refractivity contribution >= 4 is 13.8 Å². The lowest BCUT2D eigenvalue weighted by atomic mass is 10.1. The fourth-order valence-corrected chi connectivity index (χ4v) is 5.97. The van der Waals surface area contributed by atoms with Crippen LogP contribution in [0.2, 0.25) is 0 Å². The Balaban J connectivity index is 4.32. The van der Waals surface area contributed by atoms with Gasteiger partial charge in [-0.3, -0.25) is 9.36 Å². The molecule has 9 heteroatoms. The Kier molecular flexibility index (Phi) is 34.4. The lowest BCUT2D eigenvalue weighted by Gasteiger charge is -2.28. The number of quaternary nitrogens is 1. The van der Waals surface area contributed by atoms with Gasteiger partial charge in [0, 0.05) is 13.0 Å². The minimum absolute atomic E-state index is 0.0203. The molecule has 0 rings (SSSR count). The molecule has 0 fully saturated rings. The third kappa shape index (κ3) is 39.5. The number of hydrogen-bond acceptors (Lipinski definition) is 7. The van der Waals surface area contributed by atoms with Crippen LogP contribution in [0.1, 0.15) is 155 Å². The average molecular weight is 740 g/mol. The maximum Gasteiger partial charge on any atom is 0.306 e. The van der Waals surface area contributed by atoms with Gasteiger partial charge in [-0.1, -0.05) is 146 Å². The number of nitrogens with zero attached hydrogens (tertiary/aromatic N) is 1. The van der Waals surface area contributed by atoms with Crippen LogP contribution >= 0.6 is 7.82 Å². The highest BCUT2D eigenvalue weighted by atomic mass is 31.2. The van der Waals surface area contributed by atoms with Gasteiger partial charge >= 0.3 is 5.97 Å². The molecule has 0 aromatic heterocycles. The number of likely N-dealkylation sites (N-methyl/N-ethyl adjacent to an activating group) is 1. The molecule has 0 aliphatic rings.